The molecular weight excluding hydrogens is 329 g/mol. The van der Waals surface area contributed by atoms with Crippen LogP contribution in [0.1, 0.15) is 11.3 Å². The Labute approximate surface area is 143 Å². The van der Waals surface area contributed by atoms with Gasteiger partial charge < -0.3 is 14.5 Å². The van der Waals surface area contributed by atoms with Gasteiger partial charge in [0.15, 0.2) is 12.0 Å². The van der Waals surface area contributed by atoms with E-state index in [1.807, 2.05) is 31.2 Å². The molecule has 24 heavy (non-hydrogen) atoms. The lowest BCUT2D eigenvalue weighted by atomic mass is 10.2. The van der Waals surface area contributed by atoms with Gasteiger partial charge in [0.1, 0.15) is 12.4 Å². The number of aromatic amines is 1. The summed E-state index contributed by atoms with van der Waals surface area (Å²) in [7, 11) is 0. The van der Waals surface area contributed by atoms with Crippen molar-refractivity contribution in [1.29, 1.82) is 0 Å². The SMILES string of the molecule is Cc1c(OCCOCF)ccnc1CSc1nc2ccccc2[nH]1. The van der Waals surface area contributed by atoms with Gasteiger partial charge in [0.05, 0.1) is 23.3 Å². The second-order valence-corrected chi connectivity index (χ2v) is 6.06. The van der Waals surface area contributed by atoms with Gasteiger partial charge in [0, 0.05) is 17.5 Å². The van der Waals surface area contributed by atoms with Crippen molar-refractivity contribution in [3.8, 4) is 5.75 Å². The number of alkyl halides is 1. The summed E-state index contributed by atoms with van der Waals surface area (Å²) in [6, 6.07) is 9.74. The summed E-state index contributed by atoms with van der Waals surface area (Å²) in [4.78, 5) is 12.3. The van der Waals surface area contributed by atoms with Gasteiger partial charge in [-0.05, 0) is 25.1 Å². The second-order valence-electron chi connectivity index (χ2n) is 5.09. The molecule has 126 valence electrons. The molecule has 3 rings (SSSR count). The van der Waals surface area contributed by atoms with E-state index in [0.29, 0.717) is 12.4 Å². The van der Waals surface area contributed by atoms with E-state index >= 15 is 0 Å². The fraction of sp³-hybridized carbons (Fsp3) is 0.294. The van der Waals surface area contributed by atoms with E-state index in [1.54, 1.807) is 24.0 Å². The summed E-state index contributed by atoms with van der Waals surface area (Å²) in [5.41, 5.74) is 3.88. The normalized spacial score (nSPS) is 11.1. The Kier molecular flexibility index (Phi) is 5.66. The van der Waals surface area contributed by atoms with Crippen LogP contribution in [0.25, 0.3) is 11.0 Å². The van der Waals surface area contributed by atoms with Crippen molar-refractivity contribution in [2.45, 2.75) is 17.8 Å². The molecule has 7 heteroatoms. The minimum absolute atomic E-state index is 0.224. The number of fused-ring (bicyclic) bond motifs is 1. The maximum atomic E-state index is 11.9. The van der Waals surface area contributed by atoms with E-state index in [2.05, 4.69) is 19.7 Å². The van der Waals surface area contributed by atoms with E-state index in [4.69, 9.17) is 4.74 Å². The third kappa shape index (κ3) is 4.04. The van der Waals surface area contributed by atoms with Crippen LogP contribution in [0.3, 0.4) is 0 Å². The lowest BCUT2D eigenvalue weighted by Crippen LogP contribution is -2.07. The molecule has 0 radical (unpaired) electrons. The van der Waals surface area contributed by atoms with Crippen LogP contribution < -0.4 is 4.74 Å². The maximum absolute atomic E-state index is 11.9. The third-order valence-electron chi connectivity index (χ3n) is 3.53. The van der Waals surface area contributed by atoms with Crippen LogP contribution in [0.15, 0.2) is 41.7 Å². The number of hydrogen-bond acceptors (Lipinski definition) is 5. The summed E-state index contributed by atoms with van der Waals surface area (Å²) in [5, 5.41) is 0.861. The highest BCUT2D eigenvalue weighted by Crippen LogP contribution is 2.26. The molecule has 0 fully saturated rings. The number of ether oxygens (including phenoxy) is 2. The molecule has 1 N–H and O–H groups in total. The molecule has 2 heterocycles. The number of para-hydroxylation sites is 2. The Balaban J connectivity index is 1.64. The van der Waals surface area contributed by atoms with Gasteiger partial charge in [0.2, 0.25) is 0 Å². The van der Waals surface area contributed by atoms with Gasteiger partial charge in [-0.15, -0.1) is 0 Å². The first kappa shape index (κ1) is 16.7. The van der Waals surface area contributed by atoms with Gasteiger partial charge >= 0.3 is 0 Å². The number of imidazole rings is 1. The highest BCUT2D eigenvalue weighted by molar-refractivity contribution is 7.98. The van der Waals surface area contributed by atoms with Gasteiger partial charge in [-0.1, -0.05) is 23.9 Å². The number of hydrogen-bond donors (Lipinski definition) is 1. The predicted molar refractivity (Wildman–Crippen MR) is 92.1 cm³/mol. The van der Waals surface area contributed by atoms with E-state index in [9.17, 15) is 4.39 Å². The molecule has 0 saturated heterocycles. The Morgan fingerprint density at radius 3 is 2.92 bits per heavy atom. The van der Waals surface area contributed by atoms with Gasteiger partial charge in [0.25, 0.3) is 0 Å². The first-order valence-electron chi connectivity index (χ1n) is 7.56. The highest BCUT2D eigenvalue weighted by Gasteiger charge is 2.09. The molecule has 2 aromatic heterocycles. The summed E-state index contributed by atoms with van der Waals surface area (Å²) in [6.45, 7) is 1.71. The van der Waals surface area contributed by atoms with Crippen molar-refractivity contribution in [2.24, 2.45) is 0 Å². The summed E-state index contributed by atoms with van der Waals surface area (Å²) < 4.78 is 22.2. The van der Waals surface area contributed by atoms with Crippen LogP contribution in [0.2, 0.25) is 0 Å². The summed E-state index contributed by atoms with van der Waals surface area (Å²) in [5.74, 6) is 1.43. The zero-order valence-electron chi connectivity index (χ0n) is 13.3. The fourth-order valence-corrected chi connectivity index (χ4v) is 3.17. The van der Waals surface area contributed by atoms with Crippen molar-refractivity contribution >= 4 is 22.8 Å². The highest BCUT2D eigenvalue weighted by atomic mass is 32.2. The zero-order valence-corrected chi connectivity index (χ0v) is 14.1. The number of H-pyrrole nitrogens is 1. The Hall–Kier alpha value is -2.12. The Morgan fingerprint density at radius 1 is 1.21 bits per heavy atom. The molecular formula is C17H18FN3O2S. The van der Waals surface area contributed by atoms with E-state index in [1.165, 1.54) is 0 Å². The van der Waals surface area contributed by atoms with Crippen molar-refractivity contribution in [1.82, 2.24) is 15.0 Å². The maximum Gasteiger partial charge on any atom is 0.188 e. The average molecular weight is 347 g/mol. The zero-order chi connectivity index (χ0) is 16.8. The fourth-order valence-electron chi connectivity index (χ4n) is 2.26. The molecule has 1 aromatic carbocycles. The lowest BCUT2D eigenvalue weighted by molar-refractivity contribution is 0.0390. The molecule has 5 nitrogen and oxygen atoms in total. The van der Waals surface area contributed by atoms with Gasteiger partial charge in [-0.3, -0.25) is 4.98 Å². The first-order chi connectivity index (χ1) is 11.8. The average Bonchev–Trinajstić information content (AvgIpc) is 3.02. The molecule has 0 aliphatic heterocycles. The number of nitrogens with zero attached hydrogens (tertiary/aromatic N) is 2. The number of pyridine rings is 1. The van der Waals surface area contributed by atoms with Crippen LogP contribution >= 0.6 is 11.8 Å². The molecule has 0 bridgehead atoms. The summed E-state index contributed by atoms with van der Waals surface area (Å²) >= 11 is 1.60. The Bertz CT molecular complexity index is 776. The largest absolute Gasteiger partial charge is 0.491 e. The van der Waals surface area contributed by atoms with Crippen LogP contribution in [-0.4, -0.2) is 35.0 Å². The van der Waals surface area contributed by atoms with E-state index in [0.717, 1.165) is 33.2 Å². The molecule has 3 aromatic rings. The van der Waals surface area contributed by atoms with Crippen LogP contribution in [0.4, 0.5) is 4.39 Å². The molecule has 0 aliphatic carbocycles. The molecule has 0 spiro atoms. The lowest BCUT2D eigenvalue weighted by Gasteiger charge is -2.11. The van der Waals surface area contributed by atoms with Gasteiger partial charge in [-0.2, -0.15) is 0 Å². The van der Waals surface area contributed by atoms with Crippen molar-refractivity contribution in [2.75, 3.05) is 20.1 Å². The first-order valence-corrected chi connectivity index (χ1v) is 8.55. The monoisotopic (exact) mass is 347 g/mol. The molecule has 0 atom stereocenters. The standard InChI is InChI=1S/C17H18FN3O2S/c1-12-15(19-7-6-16(12)23-9-8-22-11-18)10-24-17-20-13-4-2-3-5-14(13)21-17/h2-7H,8-11H2,1H3,(H,20,21). The van der Waals surface area contributed by atoms with Gasteiger partial charge in [-0.25, -0.2) is 9.37 Å². The topological polar surface area (TPSA) is 60.0 Å². The minimum Gasteiger partial charge on any atom is -0.491 e. The van der Waals surface area contributed by atoms with Crippen molar-refractivity contribution in [3.63, 3.8) is 0 Å². The van der Waals surface area contributed by atoms with Crippen molar-refractivity contribution < 1.29 is 13.9 Å². The molecule has 0 aliphatic rings. The number of benzene rings is 1. The van der Waals surface area contributed by atoms with Crippen LogP contribution in [-0.2, 0) is 10.5 Å². The summed E-state index contributed by atoms with van der Waals surface area (Å²) in [6.07, 6.45) is 1.72. The number of halogens is 1. The smallest absolute Gasteiger partial charge is 0.188 e. The number of thioether (sulfide) groups is 1. The molecule has 0 amide bonds. The predicted octanol–water partition coefficient (Wildman–Crippen LogP) is 3.88. The minimum atomic E-state index is -0.794. The molecule has 0 saturated carbocycles. The molecule has 0 unspecified atom stereocenters. The second kappa shape index (κ2) is 8.12. The van der Waals surface area contributed by atoms with E-state index in [-0.39, 0.29) is 6.61 Å². The van der Waals surface area contributed by atoms with E-state index < -0.39 is 6.86 Å². The number of aromatic nitrogens is 3. The number of rotatable bonds is 8. The van der Waals surface area contributed by atoms with Crippen LogP contribution in [0.5, 0.6) is 5.75 Å². The quantitative estimate of drug-likeness (QED) is 0.495. The van der Waals surface area contributed by atoms with Crippen LogP contribution in [0, 0.1) is 6.92 Å². The van der Waals surface area contributed by atoms with Crippen molar-refractivity contribution in [3.05, 3.63) is 47.8 Å². The Morgan fingerprint density at radius 2 is 2.08 bits per heavy atom. The number of nitrogens with one attached hydrogen (secondary N) is 1. The third-order valence-corrected chi connectivity index (χ3v) is 4.42.